The van der Waals surface area contributed by atoms with E-state index in [0.29, 0.717) is 32.5 Å². The molecule has 2 aliphatic rings. The van der Waals surface area contributed by atoms with Crippen molar-refractivity contribution >= 4 is 17.7 Å². The molecule has 0 aliphatic carbocycles. The molecule has 0 aromatic heterocycles. The van der Waals surface area contributed by atoms with E-state index >= 15 is 0 Å². The molecule has 8 nitrogen and oxygen atoms in total. The van der Waals surface area contributed by atoms with E-state index in [1.54, 1.807) is 9.80 Å². The standard InChI is InChI=1S/C20H27N3O5/c1-12(2)23-11-14(9-18(23)26)20(28)22-5-3-15(4-6-22)21-19(27)13-7-16(24)10-17(25)8-13/h7-8,10,12,14-15,24-25H,3-6,9,11H2,1-2H3,(H,21,27). The molecule has 0 spiro atoms. The lowest BCUT2D eigenvalue weighted by molar-refractivity contribution is -0.136. The fourth-order valence-electron chi connectivity index (χ4n) is 3.89. The Hall–Kier alpha value is -2.77. The van der Waals surface area contributed by atoms with Gasteiger partial charge in [-0.2, -0.15) is 0 Å². The molecule has 3 amide bonds. The molecule has 0 bridgehead atoms. The van der Waals surface area contributed by atoms with E-state index < -0.39 is 0 Å². The maximum absolute atomic E-state index is 12.7. The molecule has 1 aromatic carbocycles. The SMILES string of the molecule is CC(C)N1CC(C(=O)N2CCC(NC(=O)c3cc(O)cc(O)c3)CC2)CC1=O. The van der Waals surface area contributed by atoms with Crippen LogP contribution in [-0.4, -0.2) is 69.5 Å². The summed E-state index contributed by atoms with van der Waals surface area (Å²) in [4.78, 5) is 40.6. The van der Waals surface area contributed by atoms with Gasteiger partial charge in [0.25, 0.3) is 5.91 Å². The lowest BCUT2D eigenvalue weighted by Crippen LogP contribution is -2.48. The van der Waals surface area contributed by atoms with Crippen LogP contribution in [0.2, 0.25) is 0 Å². The van der Waals surface area contributed by atoms with Gasteiger partial charge in [-0.1, -0.05) is 0 Å². The highest BCUT2D eigenvalue weighted by molar-refractivity contribution is 5.95. The van der Waals surface area contributed by atoms with Crippen LogP contribution in [0.3, 0.4) is 0 Å². The Morgan fingerprint density at radius 2 is 1.71 bits per heavy atom. The predicted molar refractivity (Wildman–Crippen MR) is 102 cm³/mol. The highest BCUT2D eigenvalue weighted by Gasteiger charge is 2.38. The van der Waals surface area contributed by atoms with Crippen molar-refractivity contribution in [2.24, 2.45) is 5.92 Å². The largest absolute Gasteiger partial charge is 0.508 e. The van der Waals surface area contributed by atoms with Crippen molar-refractivity contribution in [1.29, 1.82) is 0 Å². The number of hydrogen-bond acceptors (Lipinski definition) is 5. The number of piperidine rings is 1. The van der Waals surface area contributed by atoms with E-state index in [4.69, 9.17) is 0 Å². The Kier molecular flexibility index (Phi) is 5.76. The molecule has 0 saturated carbocycles. The zero-order chi connectivity index (χ0) is 20.4. The Balaban J connectivity index is 1.51. The number of phenolic OH excluding ortho intramolecular Hbond substituents is 2. The minimum Gasteiger partial charge on any atom is -0.508 e. The van der Waals surface area contributed by atoms with Gasteiger partial charge in [0.2, 0.25) is 11.8 Å². The summed E-state index contributed by atoms with van der Waals surface area (Å²) in [5.74, 6) is -0.954. The second-order valence-electron chi connectivity index (χ2n) is 7.85. The van der Waals surface area contributed by atoms with Crippen molar-refractivity contribution in [1.82, 2.24) is 15.1 Å². The van der Waals surface area contributed by atoms with Gasteiger partial charge in [0.1, 0.15) is 11.5 Å². The number of carbonyl (C=O) groups is 3. The third-order valence-corrected chi connectivity index (χ3v) is 5.44. The highest BCUT2D eigenvalue weighted by Crippen LogP contribution is 2.24. The first-order chi connectivity index (χ1) is 13.2. The number of carbonyl (C=O) groups excluding carboxylic acids is 3. The van der Waals surface area contributed by atoms with Gasteiger partial charge in [0.15, 0.2) is 0 Å². The van der Waals surface area contributed by atoms with Gasteiger partial charge in [0, 0.05) is 49.8 Å². The number of nitrogens with one attached hydrogen (secondary N) is 1. The van der Waals surface area contributed by atoms with Gasteiger partial charge < -0.3 is 25.3 Å². The number of likely N-dealkylation sites (tertiary alicyclic amines) is 2. The van der Waals surface area contributed by atoms with E-state index in [-0.39, 0.29) is 59.2 Å². The van der Waals surface area contributed by atoms with Crippen molar-refractivity contribution < 1.29 is 24.6 Å². The topological polar surface area (TPSA) is 110 Å². The Morgan fingerprint density at radius 1 is 1.11 bits per heavy atom. The van der Waals surface area contributed by atoms with Crippen LogP contribution >= 0.6 is 0 Å². The fourth-order valence-corrected chi connectivity index (χ4v) is 3.89. The fraction of sp³-hybridized carbons (Fsp3) is 0.550. The Labute approximate surface area is 164 Å². The van der Waals surface area contributed by atoms with Crippen LogP contribution < -0.4 is 5.32 Å². The second kappa shape index (κ2) is 8.08. The van der Waals surface area contributed by atoms with Crippen molar-refractivity contribution in [3.63, 3.8) is 0 Å². The molecule has 2 heterocycles. The zero-order valence-corrected chi connectivity index (χ0v) is 16.2. The first kappa shape index (κ1) is 20.0. The third-order valence-electron chi connectivity index (χ3n) is 5.44. The molecule has 1 atom stereocenters. The number of rotatable bonds is 4. The number of phenols is 2. The van der Waals surface area contributed by atoms with Crippen LogP contribution in [0.4, 0.5) is 0 Å². The molecule has 2 fully saturated rings. The van der Waals surface area contributed by atoms with Gasteiger partial charge in [-0.3, -0.25) is 14.4 Å². The summed E-state index contributed by atoms with van der Waals surface area (Å²) >= 11 is 0. The van der Waals surface area contributed by atoms with Crippen LogP contribution in [0.15, 0.2) is 18.2 Å². The van der Waals surface area contributed by atoms with Gasteiger partial charge in [-0.15, -0.1) is 0 Å². The molecule has 2 saturated heterocycles. The van der Waals surface area contributed by atoms with E-state index in [0.717, 1.165) is 6.07 Å². The monoisotopic (exact) mass is 389 g/mol. The highest BCUT2D eigenvalue weighted by atomic mass is 16.3. The summed E-state index contributed by atoms with van der Waals surface area (Å²) < 4.78 is 0. The molecule has 8 heteroatoms. The Bertz CT molecular complexity index is 751. The molecule has 28 heavy (non-hydrogen) atoms. The van der Waals surface area contributed by atoms with Gasteiger partial charge in [-0.25, -0.2) is 0 Å². The van der Waals surface area contributed by atoms with Crippen LogP contribution in [0.1, 0.15) is 43.5 Å². The summed E-state index contributed by atoms with van der Waals surface area (Å²) in [5.41, 5.74) is 0.189. The molecule has 152 valence electrons. The van der Waals surface area contributed by atoms with Gasteiger partial charge in [-0.05, 0) is 38.8 Å². The summed E-state index contributed by atoms with van der Waals surface area (Å²) in [5, 5.41) is 21.9. The minimum atomic E-state index is -0.370. The van der Waals surface area contributed by atoms with Crippen LogP contribution in [0, 0.1) is 5.92 Å². The molecule has 1 unspecified atom stereocenters. The van der Waals surface area contributed by atoms with Crippen molar-refractivity contribution in [2.45, 2.75) is 45.2 Å². The second-order valence-corrected chi connectivity index (χ2v) is 7.85. The Morgan fingerprint density at radius 3 is 2.25 bits per heavy atom. The maximum Gasteiger partial charge on any atom is 0.251 e. The summed E-state index contributed by atoms with van der Waals surface area (Å²) in [6, 6.07) is 3.77. The van der Waals surface area contributed by atoms with Gasteiger partial charge >= 0.3 is 0 Å². The number of hydrogen-bond donors (Lipinski definition) is 3. The van der Waals surface area contributed by atoms with Crippen molar-refractivity contribution in [2.75, 3.05) is 19.6 Å². The molecule has 2 aliphatic heterocycles. The first-order valence-corrected chi connectivity index (χ1v) is 9.66. The average Bonchev–Trinajstić information content (AvgIpc) is 3.03. The third kappa shape index (κ3) is 4.37. The van der Waals surface area contributed by atoms with Crippen LogP contribution in [0.25, 0.3) is 0 Å². The smallest absolute Gasteiger partial charge is 0.251 e. The lowest BCUT2D eigenvalue weighted by atomic mass is 10.0. The van der Waals surface area contributed by atoms with E-state index in [1.807, 2.05) is 13.8 Å². The molecule has 3 N–H and O–H groups in total. The normalized spacial score (nSPS) is 20.7. The van der Waals surface area contributed by atoms with E-state index in [9.17, 15) is 24.6 Å². The molecule has 1 aromatic rings. The van der Waals surface area contributed by atoms with Crippen molar-refractivity contribution in [3.05, 3.63) is 23.8 Å². The number of nitrogens with zero attached hydrogens (tertiary/aromatic N) is 2. The van der Waals surface area contributed by atoms with Gasteiger partial charge in [0.05, 0.1) is 5.92 Å². The quantitative estimate of drug-likeness (QED) is 0.714. The van der Waals surface area contributed by atoms with Crippen LogP contribution in [-0.2, 0) is 9.59 Å². The summed E-state index contributed by atoms with van der Waals surface area (Å²) in [7, 11) is 0. The zero-order valence-electron chi connectivity index (χ0n) is 16.2. The number of benzene rings is 1. The van der Waals surface area contributed by atoms with E-state index in [2.05, 4.69) is 5.32 Å². The average molecular weight is 389 g/mol. The number of amides is 3. The van der Waals surface area contributed by atoms with Crippen molar-refractivity contribution in [3.8, 4) is 11.5 Å². The molecule has 3 rings (SSSR count). The molecular weight excluding hydrogens is 362 g/mol. The first-order valence-electron chi connectivity index (χ1n) is 9.66. The summed E-state index contributed by atoms with van der Waals surface area (Å²) in [6.45, 7) is 5.44. The maximum atomic E-state index is 12.7. The predicted octanol–water partition coefficient (Wildman–Crippen LogP) is 1.08. The molecule has 0 radical (unpaired) electrons. The minimum absolute atomic E-state index is 0.0131. The number of aromatic hydroxyl groups is 2. The summed E-state index contributed by atoms with van der Waals surface area (Å²) in [6.07, 6.45) is 1.52. The van der Waals surface area contributed by atoms with Crippen LogP contribution in [0.5, 0.6) is 11.5 Å². The van der Waals surface area contributed by atoms with E-state index in [1.165, 1.54) is 12.1 Å². The lowest BCUT2D eigenvalue weighted by Gasteiger charge is -2.34. The molecular formula is C20H27N3O5.